The van der Waals surface area contributed by atoms with Gasteiger partial charge in [0.05, 0.1) is 33.0 Å². The third-order valence-electron chi connectivity index (χ3n) is 2.47. The van der Waals surface area contributed by atoms with E-state index in [4.69, 9.17) is 25.8 Å². The first-order chi connectivity index (χ1) is 9.51. The zero-order chi connectivity index (χ0) is 15.3. The summed E-state index contributed by atoms with van der Waals surface area (Å²) in [4.78, 5) is 23.8. The van der Waals surface area contributed by atoms with E-state index in [2.05, 4.69) is 4.74 Å². The average Bonchev–Trinajstić information content (AvgIpc) is 2.45. The monoisotopic (exact) mass is 302 g/mol. The number of hydrogen-bond acceptors (Lipinski definition) is 6. The van der Waals surface area contributed by atoms with Crippen LogP contribution in [0.3, 0.4) is 0 Å². The number of halogens is 1. The van der Waals surface area contributed by atoms with Gasteiger partial charge >= 0.3 is 5.97 Å². The normalized spacial score (nSPS) is 9.85. The highest BCUT2D eigenvalue weighted by molar-refractivity contribution is 6.43. The molecule has 0 saturated carbocycles. The van der Waals surface area contributed by atoms with Gasteiger partial charge in [0.1, 0.15) is 5.56 Å². The van der Waals surface area contributed by atoms with Gasteiger partial charge in [0.2, 0.25) is 0 Å². The number of ketones is 1. The van der Waals surface area contributed by atoms with E-state index in [1.807, 2.05) is 0 Å². The minimum Gasteiger partial charge on any atom is -0.494 e. The van der Waals surface area contributed by atoms with Crippen molar-refractivity contribution < 1.29 is 28.5 Å². The molecule has 20 heavy (non-hydrogen) atoms. The molecule has 1 aromatic carbocycles. The van der Waals surface area contributed by atoms with Gasteiger partial charge in [0.25, 0.3) is 5.78 Å². The fourth-order valence-electron chi connectivity index (χ4n) is 1.65. The van der Waals surface area contributed by atoms with Crippen LogP contribution in [0, 0.1) is 0 Å². The van der Waals surface area contributed by atoms with Gasteiger partial charge in [-0.25, -0.2) is 4.79 Å². The van der Waals surface area contributed by atoms with E-state index in [-0.39, 0.29) is 34.4 Å². The topological polar surface area (TPSA) is 71.1 Å². The number of carbonyl (C=O) groups excluding carboxylic acids is 2. The van der Waals surface area contributed by atoms with Gasteiger partial charge in [-0.15, -0.1) is 0 Å². The number of rotatable bonds is 6. The molecule has 1 aromatic rings. The summed E-state index contributed by atoms with van der Waals surface area (Å²) in [5, 5.41) is 0.123. The second-order valence-electron chi connectivity index (χ2n) is 3.55. The van der Waals surface area contributed by atoms with E-state index in [0.717, 1.165) is 0 Å². The molecule has 0 spiro atoms. The van der Waals surface area contributed by atoms with Gasteiger partial charge in [-0.1, -0.05) is 11.6 Å². The lowest BCUT2D eigenvalue weighted by Gasteiger charge is -2.16. The first-order valence-corrected chi connectivity index (χ1v) is 6.09. The van der Waals surface area contributed by atoms with Crippen LogP contribution in [0.1, 0.15) is 17.3 Å². The van der Waals surface area contributed by atoms with Crippen LogP contribution in [0.15, 0.2) is 6.07 Å². The molecule has 1 rings (SSSR count). The van der Waals surface area contributed by atoms with Crippen LogP contribution in [0.25, 0.3) is 0 Å². The van der Waals surface area contributed by atoms with Gasteiger partial charge in [0.15, 0.2) is 17.2 Å². The molecule has 0 unspecified atom stereocenters. The standard InChI is InChI=1S/C13H15ClO6/c1-5-20-13(16)10(15)9-11(18-3)7(14)6-8(17-2)12(9)19-4/h6H,5H2,1-4H3. The summed E-state index contributed by atoms with van der Waals surface area (Å²) in [6, 6.07) is 1.43. The smallest absolute Gasteiger partial charge is 0.379 e. The lowest BCUT2D eigenvalue weighted by molar-refractivity contribution is -0.137. The number of carbonyl (C=O) groups is 2. The second kappa shape index (κ2) is 7.00. The van der Waals surface area contributed by atoms with Crippen molar-refractivity contribution in [1.29, 1.82) is 0 Å². The Bertz CT molecular complexity index is 526. The van der Waals surface area contributed by atoms with E-state index in [0.29, 0.717) is 0 Å². The minimum absolute atomic E-state index is 0.0300. The molecule has 0 N–H and O–H groups in total. The predicted molar refractivity (Wildman–Crippen MR) is 72.1 cm³/mol. The first-order valence-electron chi connectivity index (χ1n) is 5.71. The van der Waals surface area contributed by atoms with Gasteiger partial charge in [-0.05, 0) is 6.92 Å². The van der Waals surface area contributed by atoms with Crippen molar-refractivity contribution >= 4 is 23.4 Å². The highest BCUT2D eigenvalue weighted by Gasteiger charge is 2.30. The van der Waals surface area contributed by atoms with Crippen molar-refractivity contribution in [3.63, 3.8) is 0 Å². The summed E-state index contributed by atoms with van der Waals surface area (Å²) in [6.45, 7) is 1.67. The first kappa shape index (κ1) is 16.1. The summed E-state index contributed by atoms with van der Waals surface area (Å²) < 4.78 is 20.0. The van der Waals surface area contributed by atoms with Crippen LogP contribution in [-0.2, 0) is 9.53 Å². The van der Waals surface area contributed by atoms with Crippen LogP contribution in [-0.4, -0.2) is 39.7 Å². The van der Waals surface area contributed by atoms with Crippen molar-refractivity contribution in [2.24, 2.45) is 0 Å². The molecular formula is C13H15ClO6. The summed E-state index contributed by atoms with van der Waals surface area (Å²) in [6.07, 6.45) is 0. The Labute approximate surface area is 121 Å². The molecule has 0 aliphatic carbocycles. The molecule has 110 valence electrons. The van der Waals surface area contributed by atoms with E-state index < -0.39 is 11.8 Å². The Balaban J connectivity index is 3.51. The van der Waals surface area contributed by atoms with Crippen molar-refractivity contribution in [2.75, 3.05) is 27.9 Å². The maximum atomic E-state index is 12.2. The zero-order valence-corrected chi connectivity index (χ0v) is 12.4. The molecule has 0 amide bonds. The molecule has 7 heteroatoms. The zero-order valence-electron chi connectivity index (χ0n) is 11.6. The Kier molecular flexibility index (Phi) is 5.64. The SMILES string of the molecule is CCOC(=O)C(=O)c1c(OC)c(Cl)cc(OC)c1OC. The third kappa shape index (κ3) is 2.96. The number of esters is 1. The molecule has 6 nitrogen and oxygen atoms in total. The fraction of sp³-hybridized carbons (Fsp3) is 0.385. The molecule has 0 aliphatic rings. The Morgan fingerprint density at radius 2 is 1.70 bits per heavy atom. The van der Waals surface area contributed by atoms with Crippen molar-refractivity contribution in [3.05, 3.63) is 16.7 Å². The number of hydrogen-bond donors (Lipinski definition) is 0. The molecular weight excluding hydrogens is 288 g/mol. The van der Waals surface area contributed by atoms with Crippen molar-refractivity contribution in [3.8, 4) is 17.2 Å². The van der Waals surface area contributed by atoms with Crippen LogP contribution < -0.4 is 14.2 Å². The summed E-state index contributed by atoms with van der Waals surface area (Å²) >= 11 is 6.00. The molecule has 0 bridgehead atoms. The summed E-state index contributed by atoms with van der Waals surface area (Å²) in [7, 11) is 4.06. The summed E-state index contributed by atoms with van der Waals surface area (Å²) in [5.74, 6) is -1.63. The van der Waals surface area contributed by atoms with Gasteiger partial charge in [-0.3, -0.25) is 4.79 Å². The number of methoxy groups -OCH3 is 3. The molecule has 0 atom stereocenters. The predicted octanol–water partition coefficient (Wildman–Crippen LogP) is 2.11. The van der Waals surface area contributed by atoms with Gasteiger partial charge in [0, 0.05) is 6.07 Å². The van der Waals surface area contributed by atoms with Gasteiger partial charge < -0.3 is 18.9 Å². The quantitative estimate of drug-likeness (QED) is 0.455. The minimum atomic E-state index is -1.02. The average molecular weight is 303 g/mol. The lowest BCUT2D eigenvalue weighted by Crippen LogP contribution is -2.19. The number of benzene rings is 1. The maximum Gasteiger partial charge on any atom is 0.379 e. The van der Waals surface area contributed by atoms with E-state index in [9.17, 15) is 9.59 Å². The number of Topliss-reactive ketones (excluding diaryl/α,β-unsaturated/α-hetero) is 1. The lowest BCUT2D eigenvalue weighted by atomic mass is 10.1. The molecule has 0 aliphatic heterocycles. The van der Waals surface area contributed by atoms with E-state index in [1.165, 1.54) is 27.4 Å². The van der Waals surface area contributed by atoms with Crippen molar-refractivity contribution in [2.45, 2.75) is 6.92 Å². The maximum absolute atomic E-state index is 12.2. The molecule has 0 aromatic heterocycles. The van der Waals surface area contributed by atoms with Gasteiger partial charge in [-0.2, -0.15) is 0 Å². The van der Waals surface area contributed by atoms with Crippen LogP contribution in [0.2, 0.25) is 5.02 Å². The van der Waals surface area contributed by atoms with Crippen LogP contribution in [0.4, 0.5) is 0 Å². The van der Waals surface area contributed by atoms with Crippen LogP contribution in [0.5, 0.6) is 17.2 Å². The Morgan fingerprint density at radius 3 is 2.15 bits per heavy atom. The third-order valence-corrected chi connectivity index (χ3v) is 2.75. The number of ether oxygens (including phenoxy) is 4. The molecule has 0 heterocycles. The summed E-state index contributed by atoms with van der Waals surface area (Å²) in [5.41, 5.74) is -0.127. The Hall–Kier alpha value is -1.95. The largest absolute Gasteiger partial charge is 0.494 e. The fourth-order valence-corrected chi connectivity index (χ4v) is 1.92. The van der Waals surface area contributed by atoms with E-state index in [1.54, 1.807) is 6.92 Å². The van der Waals surface area contributed by atoms with E-state index >= 15 is 0 Å². The van der Waals surface area contributed by atoms with Crippen molar-refractivity contribution in [1.82, 2.24) is 0 Å². The molecule has 0 saturated heterocycles. The second-order valence-corrected chi connectivity index (χ2v) is 3.96. The molecule has 0 radical (unpaired) electrons. The van der Waals surface area contributed by atoms with Crippen LogP contribution >= 0.6 is 11.6 Å². The highest BCUT2D eigenvalue weighted by Crippen LogP contribution is 2.43. The molecule has 0 fully saturated rings. The Morgan fingerprint density at radius 1 is 1.10 bits per heavy atom. The highest BCUT2D eigenvalue weighted by atomic mass is 35.5.